The Kier molecular flexibility index (Phi) is 9.87. The standard InChI is InChI=1S/C28H42FNO/c1-27(2,3)28(4,5)20-11-9-7-6-8-10-12-21-31-26-18-16-24(17-19-26)30-25-15-13-14-23(29)22-25/h13-19,22,30H,6-12,20-21H2,1-5H3. The highest BCUT2D eigenvalue weighted by Crippen LogP contribution is 2.41. The average Bonchev–Trinajstić information content (AvgIpc) is 2.70. The molecular formula is C28H42FNO. The van der Waals surface area contributed by atoms with E-state index in [1.165, 1.54) is 57.1 Å². The molecule has 2 aromatic rings. The molecule has 0 aliphatic carbocycles. The first-order valence-electron chi connectivity index (χ1n) is 11.9. The van der Waals surface area contributed by atoms with E-state index in [2.05, 4.69) is 39.9 Å². The minimum absolute atomic E-state index is 0.241. The van der Waals surface area contributed by atoms with Crippen molar-refractivity contribution in [3.63, 3.8) is 0 Å². The molecule has 0 atom stereocenters. The molecule has 1 N–H and O–H groups in total. The molecule has 31 heavy (non-hydrogen) atoms. The summed E-state index contributed by atoms with van der Waals surface area (Å²) in [5, 5.41) is 3.20. The number of hydrogen-bond donors (Lipinski definition) is 1. The van der Waals surface area contributed by atoms with E-state index in [1.54, 1.807) is 6.07 Å². The third kappa shape index (κ3) is 9.33. The second kappa shape index (κ2) is 12.1. The van der Waals surface area contributed by atoms with Crippen LogP contribution in [0.15, 0.2) is 48.5 Å². The third-order valence-corrected chi connectivity index (χ3v) is 6.71. The predicted octanol–water partition coefficient (Wildman–Crippen LogP) is 9.14. The van der Waals surface area contributed by atoms with Gasteiger partial charge in [-0.2, -0.15) is 0 Å². The van der Waals surface area contributed by atoms with Gasteiger partial charge in [0.25, 0.3) is 0 Å². The lowest BCUT2D eigenvalue weighted by atomic mass is 9.67. The number of ether oxygens (including phenoxy) is 1. The van der Waals surface area contributed by atoms with Gasteiger partial charge in [0, 0.05) is 11.4 Å². The van der Waals surface area contributed by atoms with Gasteiger partial charge in [-0.15, -0.1) is 0 Å². The van der Waals surface area contributed by atoms with Crippen molar-refractivity contribution >= 4 is 11.4 Å². The molecule has 0 spiro atoms. The fraction of sp³-hybridized carbons (Fsp3) is 0.571. The van der Waals surface area contributed by atoms with E-state index in [0.717, 1.165) is 30.2 Å². The van der Waals surface area contributed by atoms with Crippen LogP contribution in [0.5, 0.6) is 5.75 Å². The van der Waals surface area contributed by atoms with E-state index < -0.39 is 0 Å². The van der Waals surface area contributed by atoms with Gasteiger partial charge in [0.2, 0.25) is 0 Å². The van der Waals surface area contributed by atoms with Gasteiger partial charge < -0.3 is 10.1 Å². The molecule has 0 bridgehead atoms. The van der Waals surface area contributed by atoms with Crippen LogP contribution < -0.4 is 10.1 Å². The van der Waals surface area contributed by atoms with Crippen molar-refractivity contribution in [2.45, 2.75) is 86.0 Å². The van der Waals surface area contributed by atoms with Crippen molar-refractivity contribution in [2.24, 2.45) is 10.8 Å². The zero-order chi connectivity index (χ0) is 22.7. The van der Waals surface area contributed by atoms with E-state index in [-0.39, 0.29) is 5.82 Å². The molecule has 0 heterocycles. The van der Waals surface area contributed by atoms with Gasteiger partial charge >= 0.3 is 0 Å². The zero-order valence-electron chi connectivity index (χ0n) is 20.3. The quantitative estimate of drug-likeness (QED) is 0.322. The number of hydrogen-bond acceptors (Lipinski definition) is 2. The maximum Gasteiger partial charge on any atom is 0.125 e. The summed E-state index contributed by atoms with van der Waals surface area (Å²) in [6.07, 6.45) is 10.3. The summed E-state index contributed by atoms with van der Waals surface area (Å²) in [5.41, 5.74) is 2.46. The molecule has 0 unspecified atom stereocenters. The topological polar surface area (TPSA) is 21.3 Å². The molecule has 0 fully saturated rings. The van der Waals surface area contributed by atoms with Crippen molar-refractivity contribution < 1.29 is 9.13 Å². The first-order valence-corrected chi connectivity index (χ1v) is 11.9. The highest BCUT2D eigenvalue weighted by molar-refractivity contribution is 5.60. The maximum absolute atomic E-state index is 13.3. The number of nitrogens with one attached hydrogen (secondary N) is 1. The van der Waals surface area contributed by atoms with Crippen molar-refractivity contribution in [2.75, 3.05) is 11.9 Å². The molecule has 0 saturated heterocycles. The Morgan fingerprint density at radius 2 is 1.35 bits per heavy atom. The monoisotopic (exact) mass is 427 g/mol. The largest absolute Gasteiger partial charge is 0.494 e. The van der Waals surface area contributed by atoms with E-state index in [1.807, 2.05) is 30.3 Å². The van der Waals surface area contributed by atoms with Gasteiger partial charge in [0.15, 0.2) is 0 Å². The number of rotatable bonds is 13. The second-order valence-corrected chi connectivity index (χ2v) is 10.4. The molecule has 0 radical (unpaired) electrons. The van der Waals surface area contributed by atoms with Crippen LogP contribution in [0.25, 0.3) is 0 Å². The number of benzene rings is 2. The summed E-state index contributed by atoms with van der Waals surface area (Å²) in [7, 11) is 0. The number of anilines is 2. The molecule has 0 saturated carbocycles. The zero-order valence-corrected chi connectivity index (χ0v) is 20.3. The normalized spacial score (nSPS) is 12.1. The molecule has 2 aromatic carbocycles. The third-order valence-electron chi connectivity index (χ3n) is 6.71. The Morgan fingerprint density at radius 1 is 0.742 bits per heavy atom. The molecule has 172 valence electrons. The molecule has 2 nitrogen and oxygen atoms in total. The van der Waals surface area contributed by atoms with Crippen LogP contribution in [0.3, 0.4) is 0 Å². The van der Waals surface area contributed by atoms with Gasteiger partial charge in [0.05, 0.1) is 6.61 Å². The molecule has 0 amide bonds. The van der Waals surface area contributed by atoms with Crippen molar-refractivity contribution in [3.8, 4) is 5.75 Å². The number of halogens is 1. The van der Waals surface area contributed by atoms with Crippen LogP contribution in [-0.4, -0.2) is 6.61 Å². The second-order valence-electron chi connectivity index (χ2n) is 10.4. The van der Waals surface area contributed by atoms with E-state index >= 15 is 0 Å². The van der Waals surface area contributed by atoms with Crippen molar-refractivity contribution in [1.82, 2.24) is 0 Å². The minimum Gasteiger partial charge on any atom is -0.494 e. The van der Waals surface area contributed by atoms with Crippen LogP contribution in [0.1, 0.15) is 86.0 Å². The molecule has 2 rings (SSSR count). The Morgan fingerprint density at radius 3 is 1.97 bits per heavy atom. The van der Waals surface area contributed by atoms with E-state index in [4.69, 9.17) is 4.74 Å². The van der Waals surface area contributed by atoms with Crippen LogP contribution in [-0.2, 0) is 0 Å². The molecular weight excluding hydrogens is 385 g/mol. The molecule has 0 aliphatic rings. The summed E-state index contributed by atoms with van der Waals surface area (Å²) >= 11 is 0. The van der Waals surface area contributed by atoms with Crippen LogP contribution in [0, 0.1) is 16.6 Å². The van der Waals surface area contributed by atoms with Crippen molar-refractivity contribution in [3.05, 3.63) is 54.3 Å². The first-order chi connectivity index (χ1) is 14.7. The summed E-state index contributed by atoms with van der Waals surface area (Å²) in [5.74, 6) is 0.640. The summed E-state index contributed by atoms with van der Waals surface area (Å²) in [6.45, 7) is 12.6. The summed E-state index contributed by atoms with van der Waals surface area (Å²) in [6, 6.07) is 14.3. The van der Waals surface area contributed by atoms with Crippen LogP contribution in [0.4, 0.5) is 15.8 Å². The van der Waals surface area contributed by atoms with Crippen LogP contribution in [0.2, 0.25) is 0 Å². The van der Waals surface area contributed by atoms with Gasteiger partial charge in [-0.1, -0.05) is 79.2 Å². The fourth-order valence-corrected chi connectivity index (χ4v) is 3.49. The smallest absolute Gasteiger partial charge is 0.125 e. The lowest BCUT2D eigenvalue weighted by Gasteiger charge is -2.39. The summed E-state index contributed by atoms with van der Waals surface area (Å²) < 4.78 is 19.1. The fourth-order valence-electron chi connectivity index (χ4n) is 3.49. The van der Waals surface area contributed by atoms with Gasteiger partial charge in [-0.25, -0.2) is 4.39 Å². The Bertz CT molecular complexity index is 761. The average molecular weight is 428 g/mol. The first kappa shape index (κ1) is 25.2. The maximum atomic E-state index is 13.3. The SMILES string of the molecule is CC(C)(C)C(C)(C)CCCCCCCCCOc1ccc(Nc2cccc(F)c2)cc1. The van der Waals surface area contributed by atoms with Gasteiger partial charge in [-0.05, 0) is 66.1 Å². The van der Waals surface area contributed by atoms with E-state index in [9.17, 15) is 4.39 Å². The van der Waals surface area contributed by atoms with Crippen molar-refractivity contribution in [1.29, 1.82) is 0 Å². The lowest BCUT2D eigenvalue weighted by Crippen LogP contribution is -2.29. The molecule has 0 aliphatic heterocycles. The van der Waals surface area contributed by atoms with Gasteiger partial charge in [-0.3, -0.25) is 0 Å². The van der Waals surface area contributed by atoms with E-state index in [0.29, 0.717) is 10.8 Å². The molecule has 3 heteroatoms. The Hall–Kier alpha value is -2.03. The lowest BCUT2D eigenvalue weighted by molar-refractivity contribution is 0.115. The highest BCUT2D eigenvalue weighted by atomic mass is 19.1. The highest BCUT2D eigenvalue weighted by Gasteiger charge is 2.31. The number of unbranched alkanes of at least 4 members (excludes halogenated alkanes) is 6. The predicted molar refractivity (Wildman–Crippen MR) is 132 cm³/mol. The Balaban J connectivity index is 1.51. The molecule has 0 aromatic heterocycles. The van der Waals surface area contributed by atoms with Gasteiger partial charge in [0.1, 0.15) is 11.6 Å². The Labute approximate surface area is 189 Å². The summed E-state index contributed by atoms with van der Waals surface area (Å²) in [4.78, 5) is 0. The minimum atomic E-state index is -0.241. The van der Waals surface area contributed by atoms with Crippen LogP contribution >= 0.6 is 0 Å².